The first kappa shape index (κ1) is 14.2. The number of benzene rings is 1. The van der Waals surface area contributed by atoms with Crippen LogP contribution in [-0.2, 0) is 6.18 Å². The first-order valence-electron chi connectivity index (χ1n) is 5.83. The number of carbonyl (C=O) groups is 1. The Morgan fingerprint density at radius 3 is 2.20 bits per heavy atom. The van der Waals surface area contributed by atoms with Gasteiger partial charge in [-0.2, -0.15) is 13.2 Å². The van der Waals surface area contributed by atoms with Gasteiger partial charge >= 0.3 is 6.18 Å². The second-order valence-electron chi connectivity index (χ2n) is 4.36. The highest BCUT2D eigenvalue weighted by Crippen LogP contribution is 2.30. The van der Waals surface area contributed by atoms with Gasteiger partial charge in [-0.05, 0) is 44.2 Å². The maximum Gasteiger partial charge on any atom is 0.416 e. The summed E-state index contributed by atoms with van der Waals surface area (Å²) in [6.07, 6.45) is -4.39. The third-order valence-electron chi connectivity index (χ3n) is 2.76. The first-order valence-corrected chi connectivity index (χ1v) is 5.83. The topological polar surface area (TPSA) is 42.2 Å². The van der Waals surface area contributed by atoms with Crippen LogP contribution < -0.4 is 5.32 Å². The van der Waals surface area contributed by atoms with Gasteiger partial charge in [-0.1, -0.05) is 0 Å². The molecule has 0 aliphatic rings. The van der Waals surface area contributed by atoms with Crippen LogP contribution in [0.15, 0.2) is 34.7 Å². The van der Waals surface area contributed by atoms with Crippen molar-refractivity contribution in [1.82, 2.24) is 0 Å². The van der Waals surface area contributed by atoms with E-state index in [9.17, 15) is 18.0 Å². The zero-order valence-corrected chi connectivity index (χ0v) is 10.8. The van der Waals surface area contributed by atoms with E-state index in [0.717, 1.165) is 12.1 Å². The number of nitrogens with one attached hydrogen (secondary N) is 1. The average Bonchev–Trinajstić information content (AvgIpc) is 2.68. The summed E-state index contributed by atoms with van der Waals surface area (Å²) in [5, 5.41) is 2.52. The number of amides is 1. The van der Waals surface area contributed by atoms with Crippen molar-refractivity contribution in [3.05, 3.63) is 53.0 Å². The third-order valence-corrected chi connectivity index (χ3v) is 2.76. The van der Waals surface area contributed by atoms with Gasteiger partial charge in [-0.15, -0.1) is 0 Å². The van der Waals surface area contributed by atoms with E-state index < -0.39 is 17.6 Å². The van der Waals surface area contributed by atoms with E-state index in [0.29, 0.717) is 22.8 Å². The van der Waals surface area contributed by atoms with Gasteiger partial charge in [-0.25, -0.2) is 0 Å². The first-order chi connectivity index (χ1) is 9.27. The molecule has 0 radical (unpaired) electrons. The average molecular weight is 283 g/mol. The molecule has 1 aromatic carbocycles. The summed E-state index contributed by atoms with van der Waals surface area (Å²) in [5.74, 6) is 0.645. The number of hydrogen-bond acceptors (Lipinski definition) is 2. The van der Waals surface area contributed by atoms with Crippen molar-refractivity contribution in [3.8, 4) is 0 Å². The minimum absolute atomic E-state index is 0.293. The molecule has 0 saturated carbocycles. The van der Waals surface area contributed by atoms with Crippen molar-refractivity contribution in [2.24, 2.45) is 0 Å². The quantitative estimate of drug-likeness (QED) is 0.898. The van der Waals surface area contributed by atoms with E-state index >= 15 is 0 Å². The molecule has 2 aromatic rings. The predicted molar refractivity (Wildman–Crippen MR) is 67.6 cm³/mol. The van der Waals surface area contributed by atoms with Crippen molar-refractivity contribution in [3.63, 3.8) is 0 Å². The van der Waals surface area contributed by atoms with Gasteiger partial charge < -0.3 is 9.73 Å². The Hall–Kier alpha value is -2.24. The zero-order chi connectivity index (χ0) is 14.9. The van der Waals surface area contributed by atoms with E-state index in [1.165, 1.54) is 12.1 Å². The van der Waals surface area contributed by atoms with Crippen molar-refractivity contribution in [1.29, 1.82) is 0 Å². The Balaban J connectivity index is 2.14. The van der Waals surface area contributed by atoms with E-state index in [1.807, 2.05) is 0 Å². The fourth-order valence-corrected chi connectivity index (χ4v) is 1.80. The van der Waals surface area contributed by atoms with Gasteiger partial charge in [0.15, 0.2) is 0 Å². The molecular formula is C14H12F3NO2. The lowest BCUT2D eigenvalue weighted by Crippen LogP contribution is -2.12. The van der Waals surface area contributed by atoms with Crippen LogP contribution >= 0.6 is 0 Å². The normalized spacial score (nSPS) is 11.4. The van der Waals surface area contributed by atoms with Crippen LogP contribution in [0.1, 0.15) is 27.4 Å². The molecule has 2 rings (SSSR count). The predicted octanol–water partition coefficient (Wildman–Crippen LogP) is 4.17. The van der Waals surface area contributed by atoms with Crippen molar-refractivity contribution < 1.29 is 22.4 Å². The van der Waals surface area contributed by atoms with E-state index in [-0.39, 0.29) is 0 Å². The number of halogens is 3. The maximum atomic E-state index is 12.4. The van der Waals surface area contributed by atoms with Gasteiger partial charge in [0.25, 0.3) is 5.91 Å². The number of carbonyl (C=O) groups excluding carboxylic acids is 1. The van der Waals surface area contributed by atoms with Crippen LogP contribution in [0, 0.1) is 13.8 Å². The Bertz CT molecular complexity index is 627. The lowest BCUT2D eigenvalue weighted by molar-refractivity contribution is -0.137. The Morgan fingerprint density at radius 1 is 1.15 bits per heavy atom. The molecule has 1 heterocycles. The van der Waals surface area contributed by atoms with Crippen LogP contribution in [0.5, 0.6) is 0 Å². The van der Waals surface area contributed by atoms with E-state index in [1.54, 1.807) is 19.9 Å². The standard InChI is InChI=1S/C14H12F3NO2/c1-8-7-12(9(2)20-8)13(19)18-11-5-3-10(4-6-11)14(15,16)17/h3-7H,1-2H3,(H,18,19). The zero-order valence-electron chi connectivity index (χ0n) is 10.8. The fourth-order valence-electron chi connectivity index (χ4n) is 1.80. The van der Waals surface area contributed by atoms with E-state index in [2.05, 4.69) is 5.32 Å². The molecule has 106 valence electrons. The number of rotatable bonds is 2. The molecule has 0 saturated heterocycles. The Morgan fingerprint density at radius 2 is 1.75 bits per heavy atom. The molecule has 3 nitrogen and oxygen atoms in total. The van der Waals surface area contributed by atoms with Gasteiger partial charge in [0.2, 0.25) is 0 Å². The van der Waals surface area contributed by atoms with Crippen molar-refractivity contribution in [2.75, 3.05) is 5.32 Å². The van der Waals surface area contributed by atoms with E-state index in [4.69, 9.17) is 4.42 Å². The van der Waals surface area contributed by atoms with Crippen LogP contribution in [0.25, 0.3) is 0 Å². The molecule has 0 fully saturated rings. The lowest BCUT2D eigenvalue weighted by atomic mass is 10.2. The molecule has 1 amide bonds. The van der Waals surface area contributed by atoms with Gasteiger partial charge in [0.1, 0.15) is 11.5 Å². The monoisotopic (exact) mass is 283 g/mol. The number of alkyl halides is 3. The van der Waals surface area contributed by atoms with Crippen LogP contribution in [0.4, 0.5) is 18.9 Å². The molecule has 0 atom stereocenters. The van der Waals surface area contributed by atoms with Crippen LogP contribution in [-0.4, -0.2) is 5.91 Å². The molecule has 1 aromatic heterocycles. The lowest BCUT2D eigenvalue weighted by Gasteiger charge is -2.08. The molecule has 0 unspecified atom stereocenters. The summed E-state index contributed by atoms with van der Waals surface area (Å²) in [7, 11) is 0. The Labute approximate surface area is 113 Å². The van der Waals surface area contributed by atoms with Gasteiger partial charge in [0, 0.05) is 5.69 Å². The van der Waals surface area contributed by atoms with Gasteiger partial charge in [0.05, 0.1) is 11.1 Å². The highest BCUT2D eigenvalue weighted by atomic mass is 19.4. The third kappa shape index (κ3) is 3.01. The maximum absolute atomic E-state index is 12.4. The highest BCUT2D eigenvalue weighted by Gasteiger charge is 2.30. The smallest absolute Gasteiger partial charge is 0.416 e. The molecule has 0 spiro atoms. The fraction of sp³-hybridized carbons (Fsp3) is 0.214. The Kier molecular flexibility index (Phi) is 3.57. The summed E-state index contributed by atoms with van der Waals surface area (Å²) < 4.78 is 42.4. The minimum atomic E-state index is -4.39. The summed E-state index contributed by atoms with van der Waals surface area (Å²) in [4.78, 5) is 11.9. The van der Waals surface area contributed by atoms with Gasteiger partial charge in [-0.3, -0.25) is 4.79 Å². The molecule has 6 heteroatoms. The molecule has 20 heavy (non-hydrogen) atoms. The van der Waals surface area contributed by atoms with Crippen LogP contribution in [0.3, 0.4) is 0 Å². The second-order valence-corrected chi connectivity index (χ2v) is 4.36. The summed E-state index contributed by atoms with van der Waals surface area (Å²) in [6.45, 7) is 3.36. The molecule has 1 N–H and O–H groups in total. The van der Waals surface area contributed by atoms with Crippen molar-refractivity contribution >= 4 is 11.6 Å². The largest absolute Gasteiger partial charge is 0.466 e. The summed E-state index contributed by atoms with van der Waals surface area (Å²) in [6, 6.07) is 5.84. The summed E-state index contributed by atoms with van der Waals surface area (Å²) in [5.41, 5.74) is -0.102. The molecular weight excluding hydrogens is 271 g/mol. The second kappa shape index (κ2) is 5.03. The molecule has 0 bridgehead atoms. The highest BCUT2D eigenvalue weighted by molar-refractivity contribution is 6.05. The number of furan rings is 1. The number of hydrogen-bond donors (Lipinski definition) is 1. The molecule has 0 aliphatic heterocycles. The minimum Gasteiger partial charge on any atom is -0.466 e. The van der Waals surface area contributed by atoms with Crippen LogP contribution in [0.2, 0.25) is 0 Å². The summed E-state index contributed by atoms with van der Waals surface area (Å²) >= 11 is 0. The number of anilines is 1. The SMILES string of the molecule is Cc1cc(C(=O)Nc2ccc(C(F)(F)F)cc2)c(C)o1. The van der Waals surface area contributed by atoms with Crippen molar-refractivity contribution in [2.45, 2.75) is 20.0 Å². The number of aryl methyl sites for hydroxylation is 2. The molecule has 0 aliphatic carbocycles.